The number of allylic oxidation sites excluding steroid dienone is 1. The third-order valence-corrected chi connectivity index (χ3v) is 7.06. The number of hydrogen-bond acceptors (Lipinski definition) is 7. The number of benzene rings is 1. The SMILES string of the molecule is C=CCn1c(CSc2ccc(C)cc2)nnc1SC(CC)C(=O)Nc1c(C#N)cnn1C. The van der Waals surface area contributed by atoms with Gasteiger partial charge in [-0.05, 0) is 25.5 Å². The molecule has 8 nitrogen and oxygen atoms in total. The van der Waals surface area contributed by atoms with Crippen molar-refractivity contribution in [1.82, 2.24) is 24.5 Å². The number of nitriles is 1. The van der Waals surface area contributed by atoms with Crippen molar-refractivity contribution in [1.29, 1.82) is 5.26 Å². The zero-order valence-electron chi connectivity index (χ0n) is 18.3. The lowest BCUT2D eigenvalue weighted by Crippen LogP contribution is -2.26. The zero-order chi connectivity index (χ0) is 23.1. The Bertz CT molecular complexity index is 1130. The fourth-order valence-electron chi connectivity index (χ4n) is 2.92. The Hall–Kier alpha value is -3.03. The Morgan fingerprint density at radius 1 is 1.34 bits per heavy atom. The maximum absolute atomic E-state index is 12.9. The Labute approximate surface area is 196 Å². The molecular weight excluding hydrogens is 442 g/mol. The summed E-state index contributed by atoms with van der Waals surface area (Å²) in [5.41, 5.74) is 1.55. The van der Waals surface area contributed by atoms with Gasteiger partial charge in [-0.25, -0.2) is 0 Å². The van der Waals surface area contributed by atoms with Crippen LogP contribution in [0.15, 0.2) is 53.2 Å². The molecule has 32 heavy (non-hydrogen) atoms. The molecule has 1 N–H and O–H groups in total. The van der Waals surface area contributed by atoms with Crippen LogP contribution in [0.4, 0.5) is 5.82 Å². The van der Waals surface area contributed by atoms with E-state index in [1.165, 1.54) is 28.2 Å². The van der Waals surface area contributed by atoms with Gasteiger partial charge in [-0.1, -0.05) is 42.5 Å². The molecule has 2 heterocycles. The third-order valence-electron chi connectivity index (χ3n) is 4.71. The summed E-state index contributed by atoms with van der Waals surface area (Å²) in [5.74, 6) is 1.67. The van der Waals surface area contributed by atoms with Crippen molar-refractivity contribution >= 4 is 35.2 Å². The molecule has 166 valence electrons. The van der Waals surface area contributed by atoms with Gasteiger partial charge >= 0.3 is 0 Å². The van der Waals surface area contributed by atoms with Crippen LogP contribution in [0.2, 0.25) is 0 Å². The molecule has 3 aromatic rings. The van der Waals surface area contributed by atoms with Gasteiger partial charge in [-0.2, -0.15) is 10.4 Å². The van der Waals surface area contributed by atoms with E-state index in [1.807, 2.05) is 17.6 Å². The largest absolute Gasteiger partial charge is 0.309 e. The summed E-state index contributed by atoms with van der Waals surface area (Å²) in [6, 6.07) is 10.4. The summed E-state index contributed by atoms with van der Waals surface area (Å²) < 4.78 is 3.47. The number of carbonyl (C=O) groups excluding carboxylic acids is 1. The summed E-state index contributed by atoms with van der Waals surface area (Å²) in [6.07, 6.45) is 3.82. The normalized spacial score (nSPS) is 11.7. The molecule has 1 aromatic carbocycles. The standard InChI is InChI=1S/C22H25N7OS2/c1-5-11-29-19(14-31-17-9-7-15(3)8-10-17)26-27-22(29)32-18(6-2)21(30)25-20-16(12-23)13-24-28(20)4/h5,7-10,13,18H,1,6,11,14H2,2-4H3,(H,25,30). The number of thioether (sulfide) groups is 2. The smallest absolute Gasteiger partial charge is 0.239 e. The number of rotatable bonds is 10. The molecule has 1 amide bonds. The Kier molecular flexibility index (Phi) is 8.14. The van der Waals surface area contributed by atoms with Crippen LogP contribution >= 0.6 is 23.5 Å². The van der Waals surface area contributed by atoms with Crippen molar-refractivity contribution in [2.75, 3.05) is 5.32 Å². The van der Waals surface area contributed by atoms with Crippen LogP contribution in [0.1, 0.15) is 30.3 Å². The molecule has 0 saturated heterocycles. The van der Waals surface area contributed by atoms with E-state index in [0.717, 1.165) is 10.7 Å². The van der Waals surface area contributed by atoms with E-state index >= 15 is 0 Å². The highest BCUT2D eigenvalue weighted by Gasteiger charge is 2.24. The van der Waals surface area contributed by atoms with Crippen LogP contribution in [0.3, 0.4) is 0 Å². The minimum atomic E-state index is -0.401. The number of nitrogens with zero attached hydrogens (tertiary/aromatic N) is 6. The third kappa shape index (κ3) is 5.60. The first-order valence-corrected chi connectivity index (χ1v) is 11.9. The minimum Gasteiger partial charge on any atom is -0.309 e. The number of amides is 1. The maximum Gasteiger partial charge on any atom is 0.239 e. The molecule has 0 spiro atoms. The van der Waals surface area contributed by atoms with Gasteiger partial charge in [0.1, 0.15) is 23.3 Å². The summed E-state index contributed by atoms with van der Waals surface area (Å²) in [6.45, 7) is 8.40. The van der Waals surface area contributed by atoms with Gasteiger partial charge in [0.2, 0.25) is 5.91 Å². The lowest BCUT2D eigenvalue weighted by atomic mass is 10.2. The molecule has 1 unspecified atom stereocenters. The quantitative estimate of drug-likeness (QED) is 0.352. The first kappa shape index (κ1) is 23.6. The summed E-state index contributed by atoms with van der Waals surface area (Å²) in [4.78, 5) is 14.1. The van der Waals surface area contributed by atoms with Gasteiger partial charge in [-0.15, -0.1) is 28.5 Å². The van der Waals surface area contributed by atoms with Crippen LogP contribution in [-0.2, 0) is 24.1 Å². The molecule has 0 radical (unpaired) electrons. The van der Waals surface area contributed by atoms with Crippen molar-refractivity contribution in [2.45, 2.75) is 47.9 Å². The van der Waals surface area contributed by atoms with E-state index in [9.17, 15) is 10.1 Å². The summed E-state index contributed by atoms with van der Waals surface area (Å²) in [5, 5.41) is 25.1. The predicted octanol–water partition coefficient (Wildman–Crippen LogP) is 4.18. The lowest BCUT2D eigenvalue weighted by Gasteiger charge is -2.15. The van der Waals surface area contributed by atoms with Gasteiger partial charge in [0.15, 0.2) is 5.16 Å². The molecule has 0 aliphatic heterocycles. The molecule has 3 rings (SSSR count). The zero-order valence-corrected chi connectivity index (χ0v) is 19.9. The number of nitrogens with one attached hydrogen (secondary N) is 1. The van der Waals surface area contributed by atoms with Gasteiger partial charge in [0.25, 0.3) is 0 Å². The lowest BCUT2D eigenvalue weighted by molar-refractivity contribution is -0.115. The molecule has 1 atom stereocenters. The number of carbonyl (C=O) groups is 1. The molecule has 0 fully saturated rings. The van der Waals surface area contributed by atoms with Crippen molar-refractivity contribution in [3.05, 3.63) is 60.1 Å². The molecule has 0 aliphatic carbocycles. The second kappa shape index (κ2) is 11.0. The first-order chi connectivity index (χ1) is 15.5. The van der Waals surface area contributed by atoms with Crippen molar-refractivity contribution < 1.29 is 4.79 Å². The number of anilines is 1. The second-order valence-corrected chi connectivity index (χ2v) is 9.26. The molecule has 10 heteroatoms. The molecule has 0 saturated carbocycles. The Morgan fingerprint density at radius 2 is 2.09 bits per heavy atom. The fourth-order valence-corrected chi connectivity index (χ4v) is 4.74. The molecular formula is C22H25N7OS2. The van der Waals surface area contributed by atoms with Crippen LogP contribution in [0.25, 0.3) is 0 Å². The van der Waals surface area contributed by atoms with E-state index in [4.69, 9.17) is 0 Å². The monoisotopic (exact) mass is 467 g/mol. The topological polar surface area (TPSA) is 101 Å². The predicted molar refractivity (Wildman–Crippen MR) is 127 cm³/mol. The summed E-state index contributed by atoms with van der Waals surface area (Å²) >= 11 is 3.05. The van der Waals surface area contributed by atoms with Gasteiger partial charge in [0.05, 0.1) is 17.2 Å². The van der Waals surface area contributed by atoms with E-state index in [0.29, 0.717) is 35.3 Å². The summed E-state index contributed by atoms with van der Waals surface area (Å²) in [7, 11) is 1.68. The Balaban J connectivity index is 1.73. The molecule has 2 aromatic heterocycles. The molecule has 0 bridgehead atoms. The van der Waals surface area contributed by atoms with E-state index in [1.54, 1.807) is 24.9 Å². The van der Waals surface area contributed by atoms with E-state index < -0.39 is 5.25 Å². The maximum atomic E-state index is 12.9. The van der Waals surface area contributed by atoms with Crippen molar-refractivity contribution in [2.24, 2.45) is 7.05 Å². The van der Waals surface area contributed by atoms with E-state index in [-0.39, 0.29) is 5.91 Å². The average molecular weight is 468 g/mol. The minimum absolute atomic E-state index is 0.207. The van der Waals surface area contributed by atoms with E-state index in [2.05, 4.69) is 58.4 Å². The van der Waals surface area contributed by atoms with Gasteiger partial charge in [-0.3, -0.25) is 9.48 Å². The van der Waals surface area contributed by atoms with Crippen LogP contribution in [-0.4, -0.2) is 35.7 Å². The van der Waals surface area contributed by atoms with Crippen molar-refractivity contribution in [3.63, 3.8) is 0 Å². The number of aromatic nitrogens is 5. The highest BCUT2D eigenvalue weighted by Crippen LogP contribution is 2.29. The van der Waals surface area contributed by atoms with Gasteiger partial charge in [0, 0.05) is 18.5 Å². The van der Waals surface area contributed by atoms with Crippen LogP contribution in [0.5, 0.6) is 0 Å². The van der Waals surface area contributed by atoms with Crippen LogP contribution < -0.4 is 5.32 Å². The average Bonchev–Trinajstić information content (AvgIpc) is 3.34. The second-order valence-electron chi connectivity index (χ2n) is 7.05. The highest BCUT2D eigenvalue weighted by atomic mass is 32.2. The highest BCUT2D eigenvalue weighted by molar-refractivity contribution is 8.00. The Morgan fingerprint density at radius 3 is 2.75 bits per heavy atom. The first-order valence-electron chi connectivity index (χ1n) is 10.1. The number of aryl methyl sites for hydroxylation is 2. The van der Waals surface area contributed by atoms with Crippen molar-refractivity contribution in [3.8, 4) is 6.07 Å². The van der Waals surface area contributed by atoms with Gasteiger partial charge < -0.3 is 9.88 Å². The molecule has 0 aliphatic rings. The fraction of sp³-hybridized carbons (Fsp3) is 0.318. The number of hydrogen-bond donors (Lipinski definition) is 1. The van der Waals surface area contributed by atoms with Crippen LogP contribution in [0, 0.1) is 18.3 Å².